The van der Waals surface area contributed by atoms with Crippen LogP contribution in [0.4, 0.5) is 5.69 Å². The third kappa shape index (κ3) is 4.89. The standard InChI is InChI=1S/C25H23N5O2/c1-17-18(2)29-30(19(17)3)23-14-16-25(28-27-23)32-22-12-10-21(11-13-22)26-24(31)15-9-20-7-5-4-6-8-20/h4-16H,1-3H3,(H,26,31)/b15-9+. The Morgan fingerprint density at radius 2 is 1.69 bits per heavy atom. The van der Waals surface area contributed by atoms with Crippen molar-refractivity contribution < 1.29 is 9.53 Å². The van der Waals surface area contributed by atoms with E-state index in [1.165, 1.54) is 6.08 Å². The van der Waals surface area contributed by atoms with Gasteiger partial charge in [0.15, 0.2) is 5.82 Å². The fourth-order valence-electron chi connectivity index (χ4n) is 3.07. The zero-order valence-electron chi connectivity index (χ0n) is 18.1. The van der Waals surface area contributed by atoms with Gasteiger partial charge >= 0.3 is 0 Å². The van der Waals surface area contributed by atoms with E-state index in [2.05, 4.69) is 20.6 Å². The zero-order chi connectivity index (χ0) is 22.5. The first kappa shape index (κ1) is 21.0. The Morgan fingerprint density at radius 1 is 0.938 bits per heavy atom. The van der Waals surface area contributed by atoms with Gasteiger partial charge in [0.05, 0.1) is 5.69 Å². The number of ether oxygens (including phenoxy) is 1. The molecular weight excluding hydrogens is 402 g/mol. The van der Waals surface area contributed by atoms with Crippen molar-refractivity contribution in [3.8, 4) is 17.4 Å². The Bertz CT molecular complexity index is 1240. The van der Waals surface area contributed by atoms with Gasteiger partial charge in [-0.2, -0.15) is 5.10 Å². The summed E-state index contributed by atoms with van der Waals surface area (Å²) in [6.45, 7) is 6.00. The molecule has 2 heterocycles. The number of nitrogens with one attached hydrogen (secondary N) is 1. The van der Waals surface area contributed by atoms with Crippen molar-refractivity contribution in [2.75, 3.05) is 5.32 Å². The maximum atomic E-state index is 12.1. The molecule has 0 atom stereocenters. The first-order valence-corrected chi connectivity index (χ1v) is 10.2. The minimum Gasteiger partial charge on any atom is -0.438 e. The van der Waals surface area contributed by atoms with Gasteiger partial charge in [0.2, 0.25) is 11.8 Å². The van der Waals surface area contributed by atoms with E-state index in [9.17, 15) is 4.79 Å². The van der Waals surface area contributed by atoms with Crippen LogP contribution in [0.1, 0.15) is 22.5 Å². The number of hydrogen-bond acceptors (Lipinski definition) is 5. The molecule has 4 aromatic rings. The SMILES string of the molecule is Cc1nn(-c2ccc(Oc3ccc(NC(=O)/C=C/c4ccccc4)cc3)nn2)c(C)c1C. The van der Waals surface area contributed by atoms with Crippen LogP contribution in [-0.4, -0.2) is 25.9 Å². The first-order valence-electron chi connectivity index (χ1n) is 10.2. The summed E-state index contributed by atoms with van der Waals surface area (Å²) in [5.41, 5.74) is 4.76. The second-order valence-corrected chi connectivity index (χ2v) is 7.30. The van der Waals surface area contributed by atoms with Gasteiger partial charge in [-0.15, -0.1) is 10.2 Å². The van der Waals surface area contributed by atoms with E-state index in [-0.39, 0.29) is 5.91 Å². The van der Waals surface area contributed by atoms with Crippen LogP contribution in [0, 0.1) is 20.8 Å². The van der Waals surface area contributed by atoms with Crippen molar-refractivity contribution in [2.24, 2.45) is 0 Å². The topological polar surface area (TPSA) is 81.9 Å². The number of hydrogen-bond donors (Lipinski definition) is 1. The molecule has 0 saturated heterocycles. The van der Waals surface area contributed by atoms with Crippen molar-refractivity contribution in [3.63, 3.8) is 0 Å². The number of carbonyl (C=O) groups is 1. The predicted octanol–water partition coefficient (Wildman–Crippen LogP) is 5.03. The van der Waals surface area contributed by atoms with Gasteiger partial charge in [-0.1, -0.05) is 30.3 Å². The van der Waals surface area contributed by atoms with Gasteiger partial charge < -0.3 is 10.1 Å². The van der Waals surface area contributed by atoms with Crippen molar-refractivity contribution in [1.82, 2.24) is 20.0 Å². The lowest BCUT2D eigenvalue weighted by atomic mass is 10.2. The Labute approximate surface area is 186 Å². The van der Waals surface area contributed by atoms with Gasteiger partial charge in [-0.25, -0.2) is 4.68 Å². The van der Waals surface area contributed by atoms with Gasteiger partial charge in [0.25, 0.3) is 0 Å². The molecule has 4 rings (SSSR count). The highest BCUT2D eigenvalue weighted by molar-refractivity contribution is 6.01. The van der Waals surface area contributed by atoms with Crippen LogP contribution in [0.2, 0.25) is 0 Å². The lowest BCUT2D eigenvalue weighted by Crippen LogP contribution is -2.07. The number of aryl methyl sites for hydroxylation is 1. The summed E-state index contributed by atoms with van der Waals surface area (Å²) >= 11 is 0. The molecule has 32 heavy (non-hydrogen) atoms. The number of rotatable bonds is 6. The summed E-state index contributed by atoms with van der Waals surface area (Å²) in [6, 6.07) is 20.3. The smallest absolute Gasteiger partial charge is 0.248 e. The number of anilines is 1. The quantitative estimate of drug-likeness (QED) is 0.438. The summed E-state index contributed by atoms with van der Waals surface area (Å²) in [5, 5.41) is 15.7. The van der Waals surface area contributed by atoms with Gasteiger partial charge in [0, 0.05) is 23.5 Å². The van der Waals surface area contributed by atoms with E-state index in [0.717, 1.165) is 22.5 Å². The van der Waals surface area contributed by atoms with E-state index in [1.807, 2.05) is 57.2 Å². The van der Waals surface area contributed by atoms with Gasteiger partial charge in [0.1, 0.15) is 5.75 Å². The first-order chi connectivity index (χ1) is 15.5. The van der Waals surface area contributed by atoms with Crippen LogP contribution in [0.3, 0.4) is 0 Å². The molecule has 1 N–H and O–H groups in total. The lowest BCUT2D eigenvalue weighted by molar-refractivity contribution is -0.111. The summed E-state index contributed by atoms with van der Waals surface area (Å²) < 4.78 is 7.53. The van der Waals surface area contributed by atoms with Gasteiger partial charge in [-0.3, -0.25) is 4.79 Å². The molecule has 0 saturated carbocycles. The molecular formula is C25H23N5O2. The Hall–Kier alpha value is -4.26. The molecule has 0 aliphatic heterocycles. The highest BCUT2D eigenvalue weighted by Gasteiger charge is 2.11. The number of amides is 1. The van der Waals surface area contributed by atoms with Crippen molar-refractivity contribution >= 4 is 17.7 Å². The fourth-order valence-corrected chi connectivity index (χ4v) is 3.07. The van der Waals surface area contributed by atoms with Gasteiger partial charge in [-0.05, 0) is 68.3 Å². The highest BCUT2D eigenvalue weighted by atomic mass is 16.5. The summed E-state index contributed by atoms with van der Waals surface area (Å²) in [7, 11) is 0. The molecule has 0 bridgehead atoms. The third-order valence-electron chi connectivity index (χ3n) is 5.07. The van der Waals surface area contributed by atoms with Crippen LogP contribution in [-0.2, 0) is 4.79 Å². The lowest BCUT2D eigenvalue weighted by Gasteiger charge is -2.07. The number of nitrogens with zero attached hydrogens (tertiary/aromatic N) is 4. The van der Waals surface area contributed by atoms with Crippen LogP contribution >= 0.6 is 0 Å². The van der Waals surface area contributed by atoms with Crippen molar-refractivity contribution in [1.29, 1.82) is 0 Å². The average molecular weight is 425 g/mol. The maximum absolute atomic E-state index is 12.1. The van der Waals surface area contributed by atoms with Crippen LogP contribution in [0.5, 0.6) is 11.6 Å². The Balaban J connectivity index is 1.36. The molecule has 0 spiro atoms. The van der Waals surface area contributed by atoms with E-state index < -0.39 is 0 Å². The van der Waals surface area contributed by atoms with E-state index in [4.69, 9.17) is 4.74 Å². The molecule has 7 nitrogen and oxygen atoms in total. The minimum absolute atomic E-state index is 0.205. The monoisotopic (exact) mass is 425 g/mol. The number of benzene rings is 2. The molecule has 7 heteroatoms. The molecule has 2 aromatic carbocycles. The molecule has 0 fully saturated rings. The predicted molar refractivity (Wildman–Crippen MR) is 124 cm³/mol. The highest BCUT2D eigenvalue weighted by Crippen LogP contribution is 2.22. The maximum Gasteiger partial charge on any atom is 0.248 e. The zero-order valence-corrected chi connectivity index (χ0v) is 18.1. The fraction of sp³-hybridized carbons (Fsp3) is 0.120. The summed E-state index contributed by atoms with van der Waals surface area (Å²) in [6.07, 6.45) is 3.27. The third-order valence-corrected chi connectivity index (χ3v) is 5.07. The Kier molecular flexibility index (Phi) is 6.07. The van der Waals surface area contributed by atoms with Crippen LogP contribution < -0.4 is 10.1 Å². The largest absolute Gasteiger partial charge is 0.438 e. The second kappa shape index (κ2) is 9.26. The van der Waals surface area contributed by atoms with Crippen LogP contribution in [0.25, 0.3) is 11.9 Å². The van der Waals surface area contributed by atoms with Crippen LogP contribution in [0.15, 0.2) is 72.8 Å². The normalized spacial score (nSPS) is 11.0. The van der Waals surface area contributed by atoms with E-state index in [0.29, 0.717) is 23.1 Å². The molecule has 2 aromatic heterocycles. The molecule has 0 aliphatic carbocycles. The summed E-state index contributed by atoms with van der Waals surface area (Å²) in [5.74, 6) is 1.39. The number of aromatic nitrogens is 4. The molecule has 160 valence electrons. The van der Waals surface area contributed by atoms with E-state index in [1.54, 1.807) is 41.1 Å². The molecule has 1 amide bonds. The second-order valence-electron chi connectivity index (χ2n) is 7.30. The summed E-state index contributed by atoms with van der Waals surface area (Å²) in [4.78, 5) is 12.1. The van der Waals surface area contributed by atoms with E-state index >= 15 is 0 Å². The minimum atomic E-state index is -0.205. The number of carbonyl (C=O) groups excluding carboxylic acids is 1. The molecule has 0 unspecified atom stereocenters. The Morgan fingerprint density at radius 3 is 2.31 bits per heavy atom. The molecule has 0 radical (unpaired) electrons. The van der Waals surface area contributed by atoms with Crippen molar-refractivity contribution in [3.05, 3.63) is 95.3 Å². The molecule has 0 aliphatic rings. The average Bonchev–Trinajstić information content (AvgIpc) is 3.07. The van der Waals surface area contributed by atoms with Crippen molar-refractivity contribution in [2.45, 2.75) is 20.8 Å².